The summed E-state index contributed by atoms with van der Waals surface area (Å²) in [6.07, 6.45) is 2.21. The number of rotatable bonds is 6. The summed E-state index contributed by atoms with van der Waals surface area (Å²) in [4.78, 5) is 12.7. The van der Waals surface area contributed by atoms with Crippen molar-refractivity contribution in [1.82, 2.24) is 10.2 Å². The number of hydrogen-bond acceptors (Lipinski definition) is 6. The Morgan fingerprint density at radius 1 is 1.07 bits per heavy atom. The molecule has 7 nitrogen and oxygen atoms in total. The van der Waals surface area contributed by atoms with Crippen LogP contribution in [0.4, 0.5) is 10.8 Å². The monoisotopic (exact) mass is 428 g/mol. The predicted octanol–water partition coefficient (Wildman–Crippen LogP) is 4.09. The van der Waals surface area contributed by atoms with Crippen molar-refractivity contribution in [1.29, 1.82) is 0 Å². The molecule has 150 valence electrons. The third kappa shape index (κ3) is 4.46. The van der Waals surface area contributed by atoms with E-state index >= 15 is 0 Å². The van der Waals surface area contributed by atoms with E-state index < -0.39 is 15.9 Å². The molecule has 1 aliphatic carbocycles. The van der Waals surface area contributed by atoms with E-state index in [-0.39, 0.29) is 10.5 Å². The van der Waals surface area contributed by atoms with E-state index in [2.05, 4.69) is 20.2 Å². The van der Waals surface area contributed by atoms with Gasteiger partial charge < -0.3 is 0 Å². The van der Waals surface area contributed by atoms with Crippen LogP contribution in [0.25, 0.3) is 0 Å². The van der Waals surface area contributed by atoms with Gasteiger partial charge in [-0.2, -0.15) is 0 Å². The molecule has 0 saturated heterocycles. The van der Waals surface area contributed by atoms with Crippen LogP contribution in [-0.2, 0) is 10.0 Å². The van der Waals surface area contributed by atoms with Crippen LogP contribution in [0.1, 0.15) is 45.3 Å². The lowest BCUT2D eigenvalue weighted by atomic mass is 10.1. The summed E-state index contributed by atoms with van der Waals surface area (Å²) in [5, 5.41) is 12.1. The number of aryl methyl sites for hydroxylation is 2. The smallest absolute Gasteiger partial charge is 0.262 e. The number of nitrogens with one attached hydrogen (secondary N) is 2. The lowest BCUT2D eigenvalue weighted by Crippen LogP contribution is -2.17. The molecular weight excluding hydrogens is 408 g/mol. The average Bonchev–Trinajstić information content (AvgIpc) is 3.43. The van der Waals surface area contributed by atoms with Gasteiger partial charge in [-0.25, -0.2) is 8.42 Å². The van der Waals surface area contributed by atoms with E-state index in [0.29, 0.717) is 22.3 Å². The van der Waals surface area contributed by atoms with Crippen LogP contribution < -0.4 is 10.0 Å². The van der Waals surface area contributed by atoms with Crippen LogP contribution in [0, 0.1) is 13.8 Å². The summed E-state index contributed by atoms with van der Waals surface area (Å²) >= 11 is 1.36. The Balaban J connectivity index is 1.55. The number of amides is 1. The minimum atomic E-state index is -3.84. The number of nitrogens with zero attached hydrogens (tertiary/aromatic N) is 2. The lowest BCUT2D eigenvalue weighted by Gasteiger charge is -2.12. The number of benzene rings is 2. The fourth-order valence-electron chi connectivity index (χ4n) is 2.81. The largest absolute Gasteiger partial charge is 0.296 e. The van der Waals surface area contributed by atoms with E-state index in [9.17, 15) is 13.2 Å². The van der Waals surface area contributed by atoms with Gasteiger partial charge in [0.1, 0.15) is 5.01 Å². The molecule has 0 bridgehead atoms. The molecule has 0 radical (unpaired) electrons. The molecule has 0 aliphatic heterocycles. The van der Waals surface area contributed by atoms with Crippen molar-refractivity contribution in [3.63, 3.8) is 0 Å². The van der Waals surface area contributed by atoms with E-state index in [0.717, 1.165) is 23.4 Å². The fourth-order valence-corrected chi connectivity index (χ4v) is 5.05. The molecule has 9 heteroatoms. The Morgan fingerprint density at radius 3 is 2.48 bits per heavy atom. The Labute approximate surface area is 173 Å². The van der Waals surface area contributed by atoms with Crippen molar-refractivity contribution in [2.24, 2.45) is 0 Å². The van der Waals surface area contributed by atoms with Gasteiger partial charge in [0.15, 0.2) is 0 Å². The van der Waals surface area contributed by atoms with Gasteiger partial charge in [-0.05, 0) is 56.5 Å². The van der Waals surface area contributed by atoms with Crippen molar-refractivity contribution in [3.05, 3.63) is 64.2 Å². The maximum atomic E-state index is 12.9. The molecule has 0 spiro atoms. The zero-order valence-electron chi connectivity index (χ0n) is 16.0. The first-order valence-electron chi connectivity index (χ1n) is 9.17. The summed E-state index contributed by atoms with van der Waals surface area (Å²) in [6.45, 7) is 3.62. The molecule has 1 amide bonds. The second kappa shape index (κ2) is 7.57. The Bertz CT molecular complexity index is 1170. The van der Waals surface area contributed by atoms with Crippen LogP contribution in [0.5, 0.6) is 0 Å². The molecule has 1 saturated carbocycles. The van der Waals surface area contributed by atoms with Gasteiger partial charge in [0.25, 0.3) is 15.9 Å². The van der Waals surface area contributed by atoms with Crippen molar-refractivity contribution in [2.75, 3.05) is 10.0 Å². The molecule has 0 unspecified atom stereocenters. The second-order valence-corrected chi connectivity index (χ2v) is 9.79. The summed E-state index contributed by atoms with van der Waals surface area (Å²) in [5.74, 6) is 0.0393. The maximum absolute atomic E-state index is 12.9. The zero-order chi connectivity index (χ0) is 20.6. The average molecular weight is 429 g/mol. The minimum Gasteiger partial charge on any atom is -0.296 e. The van der Waals surface area contributed by atoms with Gasteiger partial charge >= 0.3 is 0 Å². The molecule has 2 N–H and O–H groups in total. The van der Waals surface area contributed by atoms with Crippen LogP contribution in [0.3, 0.4) is 0 Å². The number of carbonyl (C=O) groups is 1. The SMILES string of the molecule is Cc1ccc(NS(=O)(=O)c2cc(C(=O)Nc3nnc(C4CC4)s3)ccc2C)cc1. The van der Waals surface area contributed by atoms with Gasteiger partial charge in [-0.1, -0.05) is 35.1 Å². The van der Waals surface area contributed by atoms with Crippen molar-refractivity contribution in [3.8, 4) is 0 Å². The first kappa shape index (κ1) is 19.5. The van der Waals surface area contributed by atoms with Gasteiger partial charge in [0, 0.05) is 17.2 Å². The molecule has 3 aromatic rings. The van der Waals surface area contributed by atoms with Crippen molar-refractivity contribution < 1.29 is 13.2 Å². The van der Waals surface area contributed by atoms with E-state index in [4.69, 9.17) is 0 Å². The fraction of sp³-hybridized carbons (Fsp3) is 0.250. The normalized spacial score (nSPS) is 13.9. The molecule has 1 aromatic heterocycles. The summed E-state index contributed by atoms with van der Waals surface area (Å²) in [7, 11) is -3.84. The van der Waals surface area contributed by atoms with Gasteiger partial charge in [-0.15, -0.1) is 10.2 Å². The van der Waals surface area contributed by atoms with Gasteiger partial charge in [0.2, 0.25) is 5.13 Å². The predicted molar refractivity (Wildman–Crippen MR) is 113 cm³/mol. The third-order valence-electron chi connectivity index (χ3n) is 4.63. The Kier molecular flexibility index (Phi) is 5.10. The number of aromatic nitrogens is 2. The van der Waals surface area contributed by atoms with Gasteiger partial charge in [0.05, 0.1) is 4.90 Å². The molecule has 4 rings (SSSR count). The van der Waals surface area contributed by atoms with Gasteiger partial charge in [-0.3, -0.25) is 14.8 Å². The maximum Gasteiger partial charge on any atom is 0.262 e. The van der Waals surface area contributed by atoms with E-state index in [1.54, 1.807) is 31.2 Å². The second-order valence-electron chi connectivity index (χ2n) is 7.13. The van der Waals surface area contributed by atoms with Crippen molar-refractivity contribution >= 4 is 38.1 Å². The highest BCUT2D eigenvalue weighted by Crippen LogP contribution is 2.42. The highest BCUT2D eigenvalue weighted by atomic mass is 32.2. The molecule has 1 aliphatic rings. The quantitative estimate of drug-likeness (QED) is 0.616. The topological polar surface area (TPSA) is 101 Å². The number of anilines is 2. The molecule has 29 heavy (non-hydrogen) atoms. The highest BCUT2D eigenvalue weighted by Gasteiger charge is 2.28. The third-order valence-corrected chi connectivity index (χ3v) is 7.16. The molecule has 0 atom stereocenters. The Morgan fingerprint density at radius 2 is 1.79 bits per heavy atom. The molecule has 1 heterocycles. The lowest BCUT2D eigenvalue weighted by molar-refractivity contribution is 0.102. The molecule has 2 aromatic carbocycles. The Hall–Kier alpha value is -2.78. The van der Waals surface area contributed by atoms with E-state index in [1.807, 2.05) is 19.1 Å². The van der Waals surface area contributed by atoms with Crippen LogP contribution in [-0.4, -0.2) is 24.5 Å². The van der Waals surface area contributed by atoms with Crippen LogP contribution in [0.15, 0.2) is 47.4 Å². The van der Waals surface area contributed by atoms with E-state index in [1.165, 1.54) is 17.4 Å². The van der Waals surface area contributed by atoms with Crippen LogP contribution in [0.2, 0.25) is 0 Å². The summed E-state index contributed by atoms with van der Waals surface area (Å²) < 4.78 is 28.3. The highest BCUT2D eigenvalue weighted by molar-refractivity contribution is 7.92. The first-order chi connectivity index (χ1) is 13.8. The molecule has 1 fully saturated rings. The zero-order valence-corrected chi connectivity index (χ0v) is 17.6. The van der Waals surface area contributed by atoms with Crippen molar-refractivity contribution in [2.45, 2.75) is 37.5 Å². The summed E-state index contributed by atoms with van der Waals surface area (Å²) in [6, 6.07) is 11.6. The van der Waals surface area contributed by atoms with Crippen LogP contribution >= 0.6 is 11.3 Å². The molecular formula is C20H20N4O3S2. The minimum absolute atomic E-state index is 0.0571. The number of hydrogen-bond donors (Lipinski definition) is 2. The standard InChI is InChI=1S/C20H20N4O3S2/c1-12-3-9-16(10-4-12)24-29(26,27)17-11-15(6-5-13(17)2)18(25)21-20-23-22-19(28-20)14-7-8-14/h3-6,9-11,14,24H,7-8H2,1-2H3,(H,21,23,25). The summed E-state index contributed by atoms with van der Waals surface area (Å²) in [5.41, 5.74) is 2.28. The number of sulfonamides is 1. The first-order valence-corrected chi connectivity index (χ1v) is 11.5. The number of carbonyl (C=O) groups excluding carboxylic acids is 1.